The van der Waals surface area contributed by atoms with Gasteiger partial charge in [-0.1, -0.05) is 17.7 Å². The number of benzene rings is 2. The van der Waals surface area contributed by atoms with Gasteiger partial charge in [0.05, 0.1) is 17.6 Å². The fourth-order valence-corrected chi connectivity index (χ4v) is 2.91. The van der Waals surface area contributed by atoms with Crippen LogP contribution in [0.3, 0.4) is 0 Å². The van der Waals surface area contributed by atoms with Gasteiger partial charge in [-0.2, -0.15) is 0 Å². The van der Waals surface area contributed by atoms with Crippen LogP contribution in [0.1, 0.15) is 39.5 Å². The summed E-state index contributed by atoms with van der Waals surface area (Å²) in [6.45, 7) is 4.16. The lowest BCUT2D eigenvalue weighted by Gasteiger charge is -2.27. The second-order valence-corrected chi connectivity index (χ2v) is 5.96. The third kappa shape index (κ3) is 3.08. The van der Waals surface area contributed by atoms with Gasteiger partial charge in [-0.25, -0.2) is 0 Å². The van der Waals surface area contributed by atoms with E-state index in [0.717, 1.165) is 16.9 Å². The Hall–Kier alpha value is -2.89. The summed E-state index contributed by atoms with van der Waals surface area (Å²) in [5, 5.41) is 13.9. The van der Waals surface area contributed by atoms with Crippen molar-refractivity contribution in [2.75, 3.05) is 6.61 Å². The Kier molecular flexibility index (Phi) is 4.20. The Balaban J connectivity index is 1.82. The van der Waals surface area contributed by atoms with Crippen molar-refractivity contribution in [3.05, 3.63) is 68.8 Å². The average molecular weight is 326 g/mol. The highest BCUT2D eigenvalue weighted by atomic mass is 16.6. The molecule has 1 aliphatic heterocycles. The average Bonchev–Trinajstić information content (AvgIpc) is 2.55. The molecule has 0 spiro atoms. The van der Waals surface area contributed by atoms with Crippen molar-refractivity contribution in [3.8, 4) is 5.75 Å². The van der Waals surface area contributed by atoms with Crippen LogP contribution in [-0.4, -0.2) is 17.4 Å². The summed E-state index contributed by atoms with van der Waals surface area (Å²) in [7, 11) is 0. The molecule has 0 saturated heterocycles. The zero-order chi connectivity index (χ0) is 17.3. The highest BCUT2D eigenvalue weighted by molar-refractivity contribution is 5.95. The molecule has 1 amide bonds. The van der Waals surface area contributed by atoms with Crippen LogP contribution in [0, 0.1) is 24.0 Å². The van der Waals surface area contributed by atoms with Gasteiger partial charge in [0.25, 0.3) is 11.6 Å². The molecular weight excluding hydrogens is 308 g/mol. The van der Waals surface area contributed by atoms with Gasteiger partial charge >= 0.3 is 0 Å². The first kappa shape index (κ1) is 16.0. The highest BCUT2D eigenvalue weighted by Crippen LogP contribution is 2.33. The molecule has 3 rings (SSSR count). The number of nitro groups is 1. The number of nitrogens with one attached hydrogen (secondary N) is 1. The Bertz CT molecular complexity index is 817. The zero-order valence-corrected chi connectivity index (χ0v) is 13.5. The van der Waals surface area contributed by atoms with Crippen LogP contribution >= 0.6 is 0 Å². The molecule has 0 saturated carbocycles. The Labute approximate surface area is 139 Å². The van der Waals surface area contributed by atoms with Crippen LogP contribution in [0.15, 0.2) is 36.4 Å². The lowest BCUT2D eigenvalue weighted by atomic mass is 9.98. The van der Waals surface area contributed by atoms with Gasteiger partial charge in [0, 0.05) is 29.2 Å². The van der Waals surface area contributed by atoms with E-state index in [4.69, 9.17) is 4.74 Å². The number of carbonyl (C=O) groups excluding carboxylic acids is 1. The maximum atomic E-state index is 12.5. The van der Waals surface area contributed by atoms with Crippen molar-refractivity contribution in [1.29, 1.82) is 0 Å². The minimum absolute atomic E-state index is 0.0126. The lowest BCUT2D eigenvalue weighted by Crippen LogP contribution is -2.32. The minimum Gasteiger partial charge on any atom is -0.493 e. The topological polar surface area (TPSA) is 81.5 Å². The standard InChI is InChI=1S/C18H18N2O4/c1-11-3-6-17-14(9-11)15(7-8-24-17)19-18(21)13-4-5-16(20(22)23)12(2)10-13/h3-6,9-10,15H,7-8H2,1-2H3,(H,19,21). The Morgan fingerprint density at radius 3 is 2.75 bits per heavy atom. The van der Waals surface area contributed by atoms with Crippen molar-refractivity contribution in [2.45, 2.75) is 26.3 Å². The lowest BCUT2D eigenvalue weighted by molar-refractivity contribution is -0.385. The van der Waals surface area contributed by atoms with E-state index in [1.165, 1.54) is 12.1 Å². The van der Waals surface area contributed by atoms with Crippen molar-refractivity contribution >= 4 is 11.6 Å². The van der Waals surface area contributed by atoms with Gasteiger partial charge in [-0.15, -0.1) is 0 Å². The van der Waals surface area contributed by atoms with E-state index in [9.17, 15) is 14.9 Å². The number of hydrogen-bond donors (Lipinski definition) is 1. The SMILES string of the molecule is Cc1ccc2c(c1)C(NC(=O)c1ccc([N+](=O)[O-])c(C)c1)CCO2. The molecule has 1 aliphatic rings. The van der Waals surface area contributed by atoms with Crippen LogP contribution in [-0.2, 0) is 0 Å². The third-order valence-electron chi connectivity index (χ3n) is 4.17. The van der Waals surface area contributed by atoms with Gasteiger partial charge in [-0.3, -0.25) is 14.9 Å². The number of fused-ring (bicyclic) bond motifs is 1. The molecule has 0 bridgehead atoms. The number of nitrogens with zero attached hydrogens (tertiary/aromatic N) is 1. The molecule has 6 heteroatoms. The molecular formula is C18H18N2O4. The smallest absolute Gasteiger partial charge is 0.272 e. The predicted octanol–water partition coefficient (Wildman–Crippen LogP) is 3.47. The largest absolute Gasteiger partial charge is 0.493 e. The summed E-state index contributed by atoms with van der Waals surface area (Å²) in [4.78, 5) is 22.9. The zero-order valence-electron chi connectivity index (χ0n) is 13.5. The molecule has 0 radical (unpaired) electrons. The Morgan fingerprint density at radius 2 is 2.04 bits per heavy atom. The molecule has 124 valence electrons. The van der Waals surface area contributed by atoms with E-state index in [2.05, 4.69) is 5.32 Å². The summed E-state index contributed by atoms with van der Waals surface area (Å²) in [5.41, 5.74) is 2.96. The molecule has 0 aromatic heterocycles. The van der Waals surface area contributed by atoms with Gasteiger partial charge in [0.15, 0.2) is 0 Å². The van der Waals surface area contributed by atoms with E-state index in [-0.39, 0.29) is 17.6 Å². The fourth-order valence-electron chi connectivity index (χ4n) is 2.91. The summed E-state index contributed by atoms with van der Waals surface area (Å²) in [5.74, 6) is 0.546. The predicted molar refractivity (Wildman–Crippen MR) is 89.3 cm³/mol. The van der Waals surface area contributed by atoms with Crippen molar-refractivity contribution < 1.29 is 14.5 Å². The molecule has 1 N–H and O–H groups in total. The van der Waals surface area contributed by atoms with Gasteiger partial charge in [0.2, 0.25) is 0 Å². The normalized spacial score (nSPS) is 16.0. The number of hydrogen-bond acceptors (Lipinski definition) is 4. The second-order valence-electron chi connectivity index (χ2n) is 5.96. The van der Waals surface area contributed by atoms with E-state index in [0.29, 0.717) is 24.2 Å². The highest BCUT2D eigenvalue weighted by Gasteiger charge is 2.24. The maximum absolute atomic E-state index is 12.5. The third-order valence-corrected chi connectivity index (χ3v) is 4.17. The van der Waals surface area contributed by atoms with Crippen LogP contribution in [0.4, 0.5) is 5.69 Å². The van der Waals surface area contributed by atoms with Crippen LogP contribution < -0.4 is 10.1 Å². The number of ether oxygens (including phenoxy) is 1. The summed E-state index contributed by atoms with van der Waals surface area (Å²) in [6.07, 6.45) is 0.689. The first-order chi connectivity index (χ1) is 11.5. The second kappa shape index (κ2) is 6.31. The molecule has 2 aromatic carbocycles. The van der Waals surface area contributed by atoms with E-state index in [1.807, 2.05) is 25.1 Å². The quantitative estimate of drug-likeness (QED) is 0.692. The molecule has 1 atom stereocenters. The van der Waals surface area contributed by atoms with Crippen molar-refractivity contribution in [3.63, 3.8) is 0 Å². The molecule has 6 nitrogen and oxygen atoms in total. The number of rotatable bonds is 3. The molecule has 2 aromatic rings. The maximum Gasteiger partial charge on any atom is 0.272 e. The molecule has 0 aliphatic carbocycles. The van der Waals surface area contributed by atoms with E-state index in [1.54, 1.807) is 13.0 Å². The summed E-state index contributed by atoms with van der Waals surface area (Å²) >= 11 is 0. The van der Waals surface area contributed by atoms with Gasteiger partial charge in [-0.05, 0) is 32.0 Å². The summed E-state index contributed by atoms with van der Waals surface area (Å²) < 4.78 is 5.63. The molecule has 1 unspecified atom stereocenters. The number of amides is 1. The monoisotopic (exact) mass is 326 g/mol. The van der Waals surface area contributed by atoms with Gasteiger partial charge in [0.1, 0.15) is 5.75 Å². The number of nitro benzene ring substituents is 1. The number of aryl methyl sites for hydroxylation is 2. The van der Waals surface area contributed by atoms with Crippen LogP contribution in [0.5, 0.6) is 5.75 Å². The van der Waals surface area contributed by atoms with Crippen LogP contribution in [0.25, 0.3) is 0 Å². The van der Waals surface area contributed by atoms with Crippen molar-refractivity contribution in [1.82, 2.24) is 5.32 Å². The first-order valence-electron chi connectivity index (χ1n) is 7.75. The van der Waals surface area contributed by atoms with Gasteiger partial charge < -0.3 is 10.1 Å². The molecule has 24 heavy (non-hydrogen) atoms. The first-order valence-corrected chi connectivity index (χ1v) is 7.75. The molecule has 0 fully saturated rings. The fraction of sp³-hybridized carbons (Fsp3) is 0.278. The van der Waals surface area contributed by atoms with Crippen LogP contribution in [0.2, 0.25) is 0 Å². The minimum atomic E-state index is -0.450. The van der Waals surface area contributed by atoms with Crippen molar-refractivity contribution in [2.24, 2.45) is 0 Å². The molecule has 1 heterocycles. The number of carbonyl (C=O) groups is 1. The Morgan fingerprint density at radius 1 is 1.25 bits per heavy atom. The van der Waals surface area contributed by atoms with E-state index < -0.39 is 4.92 Å². The summed E-state index contributed by atoms with van der Waals surface area (Å²) in [6, 6.07) is 10.2. The van der Waals surface area contributed by atoms with E-state index >= 15 is 0 Å².